The Morgan fingerprint density at radius 1 is 1.03 bits per heavy atom. The highest BCUT2D eigenvalue weighted by Gasteiger charge is 2.25. The Bertz CT molecular complexity index is 1080. The number of thioether (sulfide) groups is 1. The van der Waals surface area contributed by atoms with Crippen molar-refractivity contribution in [2.45, 2.75) is 0 Å². The summed E-state index contributed by atoms with van der Waals surface area (Å²) in [4.78, 5) is 55.4. The van der Waals surface area contributed by atoms with E-state index in [-0.39, 0.29) is 16.2 Å². The number of carbonyl (C=O) groups excluding carboxylic acids is 3. The van der Waals surface area contributed by atoms with Crippen molar-refractivity contribution in [2.24, 2.45) is 0 Å². The fraction of sp³-hybridized carbons (Fsp3) is 0. The van der Waals surface area contributed by atoms with Gasteiger partial charge in [0, 0.05) is 12.1 Å². The van der Waals surface area contributed by atoms with Crippen LogP contribution in [0.2, 0.25) is 0 Å². The van der Waals surface area contributed by atoms with Gasteiger partial charge in [0.15, 0.2) is 0 Å². The van der Waals surface area contributed by atoms with Gasteiger partial charge in [-0.05, 0) is 35.5 Å². The standard InChI is InChI=1S/C17H9N3O8S/c21-15-14(29-17(23)18-15)5-9-2-1-3-13(4-9)28-16(22)10-6-11(19(24)25)8-12(7-10)20(26)27/h1-8H,(H,18,21,23)/b14-5+. The third kappa shape index (κ3) is 4.62. The molecule has 0 aliphatic carbocycles. The quantitative estimate of drug-likeness (QED) is 0.254. The van der Waals surface area contributed by atoms with Crippen LogP contribution >= 0.6 is 11.8 Å². The summed E-state index contributed by atoms with van der Waals surface area (Å²) >= 11 is 0.720. The Hall–Kier alpha value is -4.06. The minimum Gasteiger partial charge on any atom is -0.423 e. The van der Waals surface area contributed by atoms with E-state index in [1.54, 1.807) is 6.07 Å². The molecule has 0 bridgehead atoms. The van der Waals surface area contributed by atoms with E-state index < -0.39 is 38.3 Å². The predicted octanol–water partition coefficient (Wildman–Crippen LogP) is 3.05. The maximum absolute atomic E-state index is 12.3. The number of amides is 2. The molecule has 1 heterocycles. The van der Waals surface area contributed by atoms with Gasteiger partial charge in [-0.3, -0.25) is 35.1 Å². The van der Waals surface area contributed by atoms with Gasteiger partial charge in [-0.25, -0.2) is 4.79 Å². The fourth-order valence-corrected chi connectivity index (χ4v) is 3.01. The molecule has 0 spiro atoms. The van der Waals surface area contributed by atoms with E-state index in [4.69, 9.17) is 4.74 Å². The van der Waals surface area contributed by atoms with Crippen molar-refractivity contribution < 1.29 is 29.0 Å². The molecule has 1 aliphatic rings. The molecule has 0 saturated carbocycles. The van der Waals surface area contributed by atoms with E-state index in [9.17, 15) is 34.6 Å². The number of ether oxygens (including phenoxy) is 1. The topological polar surface area (TPSA) is 159 Å². The van der Waals surface area contributed by atoms with Crippen LogP contribution in [-0.2, 0) is 4.79 Å². The molecule has 1 fully saturated rings. The lowest BCUT2D eigenvalue weighted by atomic mass is 10.1. The first-order valence-corrected chi connectivity index (χ1v) is 8.55. The average Bonchev–Trinajstić information content (AvgIpc) is 2.98. The summed E-state index contributed by atoms with van der Waals surface area (Å²) < 4.78 is 5.14. The number of nitro groups is 2. The van der Waals surface area contributed by atoms with E-state index >= 15 is 0 Å². The fourth-order valence-electron chi connectivity index (χ4n) is 2.33. The molecule has 29 heavy (non-hydrogen) atoms. The van der Waals surface area contributed by atoms with Gasteiger partial charge >= 0.3 is 5.97 Å². The van der Waals surface area contributed by atoms with Gasteiger partial charge in [0.05, 0.1) is 26.4 Å². The first-order chi connectivity index (χ1) is 13.7. The Morgan fingerprint density at radius 2 is 1.69 bits per heavy atom. The van der Waals surface area contributed by atoms with Crippen LogP contribution in [-0.4, -0.2) is 27.0 Å². The van der Waals surface area contributed by atoms with Gasteiger partial charge in [0.25, 0.3) is 22.5 Å². The molecule has 12 heteroatoms. The van der Waals surface area contributed by atoms with E-state index in [1.807, 2.05) is 0 Å². The highest BCUT2D eigenvalue weighted by Crippen LogP contribution is 2.27. The molecule has 2 aromatic rings. The molecule has 11 nitrogen and oxygen atoms in total. The van der Waals surface area contributed by atoms with Crippen molar-refractivity contribution in [1.82, 2.24) is 5.32 Å². The number of esters is 1. The largest absolute Gasteiger partial charge is 0.423 e. The Labute approximate surface area is 165 Å². The highest BCUT2D eigenvalue weighted by atomic mass is 32.2. The van der Waals surface area contributed by atoms with E-state index in [2.05, 4.69) is 5.32 Å². The number of hydrogen-bond acceptors (Lipinski definition) is 9. The number of imide groups is 1. The third-order valence-electron chi connectivity index (χ3n) is 3.57. The molecule has 0 aromatic heterocycles. The number of carbonyl (C=O) groups is 3. The van der Waals surface area contributed by atoms with Crippen molar-refractivity contribution in [3.63, 3.8) is 0 Å². The van der Waals surface area contributed by atoms with Crippen molar-refractivity contribution >= 4 is 46.3 Å². The zero-order valence-electron chi connectivity index (χ0n) is 14.2. The van der Waals surface area contributed by atoms with Crippen molar-refractivity contribution in [3.05, 3.63) is 78.7 Å². The molecule has 146 valence electrons. The minimum absolute atomic E-state index is 0.0354. The summed E-state index contributed by atoms with van der Waals surface area (Å²) in [6.45, 7) is 0. The summed E-state index contributed by atoms with van der Waals surface area (Å²) in [6, 6.07) is 8.39. The highest BCUT2D eigenvalue weighted by molar-refractivity contribution is 8.18. The number of nitrogens with zero attached hydrogens (tertiary/aromatic N) is 2. The van der Waals surface area contributed by atoms with E-state index in [0.717, 1.165) is 30.0 Å². The van der Waals surface area contributed by atoms with Gasteiger partial charge in [-0.2, -0.15) is 0 Å². The van der Waals surface area contributed by atoms with Crippen LogP contribution in [0.15, 0.2) is 47.4 Å². The van der Waals surface area contributed by atoms with Crippen LogP contribution in [0.1, 0.15) is 15.9 Å². The first-order valence-electron chi connectivity index (χ1n) is 7.74. The van der Waals surface area contributed by atoms with Gasteiger partial charge in [0.1, 0.15) is 5.75 Å². The maximum Gasteiger partial charge on any atom is 0.344 e. The van der Waals surface area contributed by atoms with Crippen LogP contribution in [0.4, 0.5) is 16.2 Å². The molecule has 2 amide bonds. The third-order valence-corrected chi connectivity index (χ3v) is 4.38. The number of benzene rings is 2. The maximum atomic E-state index is 12.3. The lowest BCUT2D eigenvalue weighted by Gasteiger charge is -2.06. The molecule has 3 rings (SSSR count). The lowest BCUT2D eigenvalue weighted by molar-refractivity contribution is -0.394. The van der Waals surface area contributed by atoms with Crippen LogP contribution in [0.25, 0.3) is 6.08 Å². The normalized spacial score (nSPS) is 14.6. The van der Waals surface area contributed by atoms with Crippen LogP contribution in [0.5, 0.6) is 5.75 Å². The molecule has 0 atom stereocenters. The summed E-state index contributed by atoms with van der Waals surface area (Å²) in [6.07, 6.45) is 1.42. The second kappa shape index (κ2) is 7.90. The van der Waals surface area contributed by atoms with Crippen molar-refractivity contribution in [1.29, 1.82) is 0 Å². The molecule has 1 saturated heterocycles. The van der Waals surface area contributed by atoms with Crippen LogP contribution in [0.3, 0.4) is 0 Å². The molecule has 0 radical (unpaired) electrons. The lowest BCUT2D eigenvalue weighted by Crippen LogP contribution is -2.17. The minimum atomic E-state index is -1.04. The van der Waals surface area contributed by atoms with Crippen molar-refractivity contribution in [3.8, 4) is 5.75 Å². The monoisotopic (exact) mass is 415 g/mol. The van der Waals surface area contributed by atoms with Crippen molar-refractivity contribution in [2.75, 3.05) is 0 Å². The Balaban J connectivity index is 1.85. The molecule has 2 aromatic carbocycles. The Morgan fingerprint density at radius 3 is 2.24 bits per heavy atom. The second-order valence-electron chi connectivity index (χ2n) is 5.57. The number of rotatable bonds is 5. The number of nitrogens with one attached hydrogen (secondary N) is 1. The molecule has 0 unspecified atom stereocenters. The Kier molecular flexibility index (Phi) is 5.36. The first kappa shape index (κ1) is 19.7. The van der Waals surface area contributed by atoms with E-state index in [1.165, 1.54) is 24.3 Å². The van der Waals surface area contributed by atoms with Gasteiger partial charge in [-0.15, -0.1) is 0 Å². The van der Waals surface area contributed by atoms with Crippen LogP contribution < -0.4 is 10.1 Å². The molecular formula is C17H9N3O8S. The summed E-state index contributed by atoms with van der Waals surface area (Å²) in [7, 11) is 0. The summed E-state index contributed by atoms with van der Waals surface area (Å²) in [5, 5.41) is 23.5. The second-order valence-corrected chi connectivity index (χ2v) is 6.58. The smallest absolute Gasteiger partial charge is 0.344 e. The zero-order chi connectivity index (χ0) is 21.1. The number of non-ortho nitro benzene ring substituents is 2. The van der Waals surface area contributed by atoms with Crippen LogP contribution in [0, 0.1) is 20.2 Å². The average molecular weight is 415 g/mol. The SMILES string of the molecule is O=C1NC(=O)/C(=C\c2cccc(OC(=O)c3cc([N+](=O)[O-])cc([N+](=O)[O-])c3)c2)S1. The van der Waals surface area contributed by atoms with Gasteiger partial charge < -0.3 is 4.74 Å². The zero-order valence-corrected chi connectivity index (χ0v) is 15.0. The predicted molar refractivity (Wildman–Crippen MR) is 100 cm³/mol. The number of hydrogen-bond donors (Lipinski definition) is 1. The number of nitro benzene ring substituents is 2. The summed E-state index contributed by atoms with van der Waals surface area (Å²) in [5.74, 6) is -1.55. The molecule has 1 aliphatic heterocycles. The molecular weight excluding hydrogens is 406 g/mol. The van der Waals surface area contributed by atoms with Gasteiger partial charge in [-0.1, -0.05) is 12.1 Å². The summed E-state index contributed by atoms with van der Waals surface area (Å²) in [5.41, 5.74) is -1.17. The van der Waals surface area contributed by atoms with E-state index in [0.29, 0.717) is 5.56 Å². The van der Waals surface area contributed by atoms with Gasteiger partial charge in [0.2, 0.25) is 0 Å². The molecule has 1 N–H and O–H groups in total.